The topological polar surface area (TPSA) is 265 Å². The van der Waals surface area contributed by atoms with Crippen LogP contribution < -0.4 is 27.4 Å². The third kappa shape index (κ3) is 11.1. The molecule has 4 heterocycles. The number of nitrogens with zero attached hydrogens (tertiary/aromatic N) is 4. The van der Waals surface area contributed by atoms with Gasteiger partial charge in [0.2, 0.25) is 35.4 Å². The Kier molecular flexibility index (Phi) is 15.9. The minimum absolute atomic E-state index is 0.0122. The molecule has 4 aliphatic rings. The van der Waals surface area contributed by atoms with Crippen molar-refractivity contribution >= 4 is 47.4 Å². The summed E-state index contributed by atoms with van der Waals surface area (Å²) in [5.41, 5.74) is 11.6. The van der Waals surface area contributed by atoms with Gasteiger partial charge in [-0.1, -0.05) is 27.7 Å². The number of guanidine groups is 1. The van der Waals surface area contributed by atoms with Crippen molar-refractivity contribution < 1.29 is 38.7 Å². The quantitative estimate of drug-likeness (QED) is 0.0571. The number of carbonyl (C=O) groups excluding carboxylic acids is 6. The lowest BCUT2D eigenvalue weighted by molar-refractivity contribution is -0.150. The maximum atomic E-state index is 14.3. The number of carboxylic acid groups (broad SMARTS) is 1. The van der Waals surface area contributed by atoms with Crippen molar-refractivity contribution in [1.29, 1.82) is 5.41 Å². The van der Waals surface area contributed by atoms with E-state index < -0.39 is 71.9 Å². The molecule has 0 aromatic rings. The van der Waals surface area contributed by atoms with E-state index in [1.165, 1.54) is 14.7 Å². The second-order valence-corrected chi connectivity index (χ2v) is 16.6. The first-order valence-corrected chi connectivity index (χ1v) is 20.4. The van der Waals surface area contributed by atoms with Gasteiger partial charge >= 0.3 is 5.97 Å². The third-order valence-corrected chi connectivity index (χ3v) is 11.3. The van der Waals surface area contributed by atoms with Gasteiger partial charge in [0.05, 0.1) is 6.04 Å². The molecule has 6 amide bonds. The maximum absolute atomic E-state index is 14.3. The normalized spacial score (nSPS) is 24.0. The van der Waals surface area contributed by atoms with Crippen LogP contribution in [0.5, 0.6) is 0 Å². The van der Waals surface area contributed by atoms with Crippen molar-refractivity contribution in [3.05, 3.63) is 0 Å². The lowest BCUT2D eigenvalue weighted by Crippen LogP contribution is -2.59. The van der Waals surface area contributed by atoms with Gasteiger partial charge in [0, 0.05) is 32.7 Å². The van der Waals surface area contributed by atoms with Crippen LogP contribution in [0.4, 0.5) is 0 Å². The third-order valence-electron chi connectivity index (χ3n) is 11.3. The molecule has 0 unspecified atom stereocenters. The van der Waals surface area contributed by atoms with E-state index in [1.807, 2.05) is 27.7 Å². The molecule has 0 aromatic heterocycles. The van der Waals surface area contributed by atoms with Crippen LogP contribution in [-0.4, -0.2) is 147 Å². The van der Waals surface area contributed by atoms with Crippen molar-refractivity contribution in [3.63, 3.8) is 0 Å². The van der Waals surface area contributed by atoms with E-state index in [0.29, 0.717) is 77.3 Å². The number of hydrogen-bond donors (Lipinski definition) is 7. The molecule has 18 heteroatoms. The molecule has 4 rings (SSSR count). The number of nitrogens with one attached hydrogen (secondary N) is 4. The molecule has 0 aromatic carbocycles. The van der Waals surface area contributed by atoms with Gasteiger partial charge in [-0.2, -0.15) is 0 Å². The number of hydrogen-bond acceptors (Lipinski definition) is 9. The fraction of sp³-hybridized carbons (Fsp3) is 0.789. The average Bonchev–Trinajstić information content (AvgIpc) is 3.97. The highest BCUT2D eigenvalue weighted by Crippen LogP contribution is 2.27. The lowest BCUT2D eigenvalue weighted by Gasteiger charge is -2.34. The molecule has 56 heavy (non-hydrogen) atoms. The first kappa shape index (κ1) is 44.2. The minimum Gasteiger partial charge on any atom is -0.480 e. The number of amides is 6. The summed E-state index contributed by atoms with van der Waals surface area (Å²) in [7, 11) is 0. The van der Waals surface area contributed by atoms with E-state index >= 15 is 0 Å². The van der Waals surface area contributed by atoms with Crippen LogP contribution in [0.3, 0.4) is 0 Å². The number of aliphatic carboxylic acids is 1. The van der Waals surface area contributed by atoms with E-state index in [1.54, 1.807) is 4.90 Å². The Morgan fingerprint density at radius 2 is 1.11 bits per heavy atom. The van der Waals surface area contributed by atoms with Crippen LogP contribution >= 0.6 is 0 Å². The van der Waals surface area contributed by atoms with Gasteiger partial charge in [0.15, 0.2) is 5.96 Å². The number of nitrogens with two attached hydrogens (primary N) is 2. The Morgan fingerprint density at radius 1 is 0.661 bits per heavy atom. The molecule has 0 saturated carbocycles. The summed E-state index contributed by atoms with van der Waals surface area (Å²) in [5, 5.41) is 25.5. The smallest absolute Gasteiger partial charge is 0.326 e. The summed E-state index contributed by atoms with van der Waals surface area (Å²) in [6.07, 6.45) is 5.07. The molecule has 0 spiro atoms. The fourth-order valence-electron chi connectivity index (χ4n) is 8.61. The molecule has 4 saturated heterocycles. The average molecular weight is 789 g/mol. The molecule has 7 atom stereocenters. The van der Waals surface area contributed by atoms with E-state index in [-0.39, 0.29) is 62.1 Å². The van der Waals surface area contributed by atoms with Crippen molar-refractivity contribution in [2.45, 2.75) is 147 Å². The van der Waals surface area contributed by atoms with E-state index in [0.717, 1.165) is 0 Å². The Balaban J connectivity index is 1.45. The molecule has 18 nitrogen and oxygen atoms in total. The zero-order valence-electron chi connectivity index (χ0n) is 33.5. The van der Waals surface area contributed by atoms with E-state index in [4.69, 9.17) is 16.9 Å². The highest BCUT2D eigenvalue weighted by molar-refractivity contribution is 5.97. The molecular weight excluding hydrogens is 724 g/mol. The summed E-state index contributed by atoms with van der Waals surface area (Å²) in [5.74, 6) is -3.69. The van der Waals surface area contributed by atoms with Gasteiger partial charge in [0.1, 0.15) is 36.3 Å². The standard InChI is InChI=1S/C38H64N10O8/c1-22(2)20-24(39)33(51)47-18-8-13-29(47)36(54)46-17-7-12-28(46)32(50)44-26(21-23(3)4)35(53)45-16-6-11-27(45)31(49)43-25(10-5-15-42-38(40)41)34(52)48-19-9-14-30(48)37(55)56/h22-30H,5-21,39H2,1-4H3,(H,43,49)(H,44,50)(H,55,56)(H4,40,41,42)/t24-,25-,26-,27-,28-,29-,30-/m0/s1. The Hall–Kier alpha value is -4.48. The van der Waals surface area contributed by atoms with Gasteiger partial charge in [-0.15, -0.1) is 0 Å². The predicted octanol–water partition coefficient (Wildman–Crippen LogP) is -0.313. The number of carbonyl (C=O) groups is 7. The molecule has 314 valence electrons. The zero-order chi connectivity index (χ0) is 41.3. The highest BCUT2D eigenvalue weighted by atomic mass is 16.4. The SMILES string of the molecule is CC(C)C[C@H](NC(=O)[C@@H]1CCCN1C(=O)[C@@H]1CCCN1C(=O)[C@@H](N)CC(C)C)C(=O)N1CCC[C@H]1C(=O)N[C@@H](CCCNC(=N)N)C(=O)N1CCC[C@H]1C(=O)O. The van der Waals surface area contributed by atoms with Crippen molar-refractivity contribution in [2.75, 3.05) is 32.7 Å². The highest BCUT2D eigenvalue weighted by Gasteiger charge is 2.45. The number of likely N-dealkylation sites (tertiary alicyclic amines) is 4. The molecule has 4 aliphatic heterocycles. The van der Waals surface area contributed by atoms with Crippen LogP contribution in [0.15, 0.2) is 0 Å². The summed E-state index contributed by atoms with van der Waals surface area (Å²) in [6, 6.07) is -6.21. The molecule has 0 aliphatic carbocycles. The summed E-state index contributed by atoms with van der Waals surface area (Å²) in [6.45, 7) is 9.33. The second-order valence-electron chi connectivity index (χ2n) is 16.6. The van der Waals surface area contributed by atoms with Crippen LogP contribution in [0.2, 0.25) is 0 Å². The predicted molar refractivity (Wildman–Crippen MR) is 206 cm³/mol. The monoisotopic (exact) mass is 788 g/mol. The Bertz CT molecular complexity index is 1480. The van der Waals surface area contributed by atoms with Crippen LogP contribution in [0, 0.1) is 17.2 Å². The first-order chi connectivity index (χ1) is 26.5. The summed E-state index contributed by atoms with van der Waals surface area (Å²) in [4.78, 5) is 101. The summed E-state index contributed by atoms with van der Waals surface area (Å²) < 4.78 is 0. The van der Waals surface area contributed by atoms with Crippen LogP contribution in [0.1, 0.15) is 105 Å². The molecule has 4 fully saturated rings. The number of carboxylic acids is 1. The van der Waals surface area contributed by atoms with Crippen molar-refractivity contribution in [2.24, 2.45) is 23.3 Å². The second kappa shape index (κ2) is 20.1. The molecule has 0 bridgehead atoms. The Labute approximate surface area is 329 Å². The van der Waals surface area contributed by atoms with Gasteiger partial charge in [-0.25, -0.2) is 4.79 Å². The van der Waals surface area contributed by atoms with Crippen LogP contribution in [0.25, 0.3) is 0 Å². The van der Waals surface area contributed by atoms with Crippen molar-refractivity contribution in [1.82, 2.24) is 35.6 Å². The largest absolute Gasteiger partial charge is 0.480 e. The first-order valence-electron chi connectivity index (χ1n) is 20.4. The van der Waals surface area contributed by atoms with E-state index in [2.05, 4.69) is 16.0 Å². The summed E-state index contributed by atoms with van der Waals surface area (Å²) >= 11 is 0. The minimum atomic E-state index is -1.12. The van der Waals surface area contributed by atoms with Gasteiger partial charge < -0.3 is 52.1 Å². The van der Waals surface area contributed by atoms with Crippen molar-refractivity contribution in [3.8, 4) is 0 Å². The fourth-order valence-corrected chi connectivity index (χ4v) is 8.61. The van der Waals surface area contributed by atoms with Gasteiger partial charge in [-0.3, -0.25) is 34.2 Å². The Morgan fingerprint density at radius 3 is 1.64 bits per heavy atom. The van der Waals surface area contributed by atoms with Gasteiger partial charge in [-0.05, 0) is 88.9 Å². The van der Waals surface area contributed by atoms with Crippen LogP contribution in [-0.2, 0) is 33.6 Å². The lowest BCUT2D eigenvalue weighted by atomic mass is 10.0. The maximum Gasteiger partial charge on any atom is 0.326 e. The molecule has 0 radical (unpaired) electrons. The zero-order valence-corrected chi connectivity index (χ0v) is 33.5. The van der Waals surface area contributed by atoms with E-state index in [9.17, 15) is 38.7 Å². The molecular formula is C38H64N10O8. The molecule has 9 N–H and O–H groups in total. The number of rotatable bonds is 17. The van der Waals surface area contributed by atoms with Gasteiger partial charge in [0.25, 0.3) is 0 Å².